The molecule has 4 bridgehead atoms. The van der Waals surface area contributed by atoms with Crippen LogP contribution in [0.25, 0.3) is 33.7 Å². The molecule has 32 heavy (non-hydrogen) atoms. The lowest BCUT2D eigenvalue weighted by molar-refractivity contribution is 1.67. The van der Waals surface area contributed by atoms with Crippen LogP contribution in [-0.2, 0) is 0 Å². The van der Waals surface area contributed by atoms with Crippen LogP contribution in [0.4, 0.5) is 0 Å². The third-order valence-electron chi connectivity index (χ3n) is 5.46. The van der Waals surface area contributed by atoms with Crippen LogP contribution in [-0.4, -0.2) is 0 Å². The largest absolute Gasteiger partial charge is 0.0696 e. The first kappa shape index (κ1) is 19.4. The zero-order valence-corrected chi connectivity index (χ0v) is 17.5. The van der Waals surface area contributed by atoms with E-state index in [1.807, 2.05) is 36.5 Å². The van der Waals surface area contributed by atoms with Crippen LogP contribution in [0.1, 0.15) is 22.3 Å². The SMILES string of the molecule is C1#Cc2ccc(c3ccccc23)/C=C/C=C\C#Cc2ccc(c3ccccc23)/C=C\C=C/1. The van der Waals surface area contributed by atoms with Gasteiger partial charge in [0.1, 0.15) is 0 Å². The van der Waals surface area contributed by atoms with Crippen molar-refractivity contribution in [2.75, 3.05) is 0 Å². The number of fused-ring (bicyclic) bond motifs is 12. The molecule has 0 saturated carbocycles. The molecule has 0 radical (unpaired) electrons. The summed E-state index contributed by atoms with van der Waals surface area (Å²) < 4.78 is 0. The third-order valence-corrected chi connectivity index (χ3v) is 5.46. The smallest absolute Gasteiger partial charge is 0.0327 e. The van der Waals surface area contributed by atoms with Gasteiger partial charge in [-0.3, -0.25) is 0 Å². The highest BCUT2D eigenvalue weighted by Gasteiger charge is 2.03. The molecule has 0 nitrogen and oxygen atoms in total. The van der Waals surface area contributed by atoms with Gasteiger partial charge in [0.25, 0.3) is 0 Å². The van der Waals surface area contributed by atoms with Crippen LogP contribution in [0.5, 0.6) is 0 Å². The van der Waals surface area contributed by atoms with Crippen LogP contribution >= 0.6 is 0 Å². The molecular weight excluding hydrogens is 384 g/mol. The molecule has 0 spiro atoms. The fourth-order valence-corrected chi connectivity index (χ4v) is 3.92. The van der Waals surface area contributed by atoms with Gasteiger partial charge in [0.15, 0.2) is 0 Å². The maximum Gasteiger partial charge on any atom is 0.0327 e. The highest BCUT2D eigenvalue weighted by atomic mass is 14.1. The summed E-state index contributed by atoms with van der Waals surface area (Å²) in [5.41, 5.74) is 4.39. The molecule has 0 N–H and O–H groups in total. The fourth-order valence-electron chi connectivity index (χ4n) is 3.92. The van der Waals surface area contributed by atoms with Gasteiger partial charge >= 0.3 is 0 Å². The summed E-state index contributed by atoms with van der Waals surface area (Å²) in [5, 5.41) is 4.71. The monoisotopic (exact) mass is 404 g/mol. The Morgan fingerprint density at radius 1 is 0.406 bits per heavy atom. The Morgan fingerprint density at radius 3 is 1.31 bits per heavy atom. The first-order valence-electron chi connectivity index (χ1n) is 10.6. The summed E-state index contributed by atoms with van der Waals surface area (Å²) in [5.74, 6) is 13.0. The molecule has 0 heterocycles. The molecule has 0 aliphatic heterocycles. The standard InChI is InChI=1S/C32H20/c1-2-6-14-26-23-24-28(32-20-12-11-18-30(26)32)16-8-4-3-7-15-27-22-21-25(13-5-1)29-17-9-10-19-31(27)29/h1-5,8-13,16-24H/b2-1-,4-3-,5-1?,8-4?,13-5-,16-8+,25-13?,28-16?. The van der Waals surface area contributed by atoms with Gasteiger partial charge in [-0.15, -0.1) is 0 Å². The van der Waals surface area contributed by atoms with E-state index in [4.69, 9.17) is 0 Å². The van der Waals surface area contributed by atoms with Crippen molar-refractivity contribution in [3.63, 3.8) is 0 Å². The normalized spacial score (nSPS) is 16.5. The lowest BCUT2D eigenvalue weighted by atomic mass is 9.99. The summed E-state index contributed by atoms with van der Waals surface area (Å²) >= 11 is 0. The maximum atomic E-state index is 3.30. The average molecular weight is 405 g/mol. The van der Waals surface area contributed by atoms with E-state index in [1.165, 1.54) is 21.9 Å². The van der Waals surface area contributed by atoms with Crippen LogP contribution < -0.4 is 0 Å². The molecule has 148 valence electrons. The second kappa shape index (κ2) is 9.09. The molecule has 4 aromatic carbocycles. The minimum Gasteiger partial charge on any atom is -0.0696 e. The third kappa shape index (κ3) is 4.04. The predicted octanol–water partition coefficient (Wildman–Crippen LogP) is 7.55. The van der Waals surface area contributed by atoms with E-state index in [0.717, 1.165) is 21.9 Å². The first-order valence-corrected chi connectivity index (χ1v) is 10.6. The molecule has 0 saturated heterocycles. The Balaban J connectivity index is 1.63. The van der Waals surface area contributed by atoms with Crippen molar-refractivity contribution in [1.82, 2.24) is 0 Å². The number of hydrogen-bond acceptors (Lipinski definition) is 0. The van der Waals surface area contributed by atoms with E-state index >= 15 is 0 Å². The number of benzene rings is 4. The summed E-state index contributed by atoms with van der Waals surface area (Å²) in [6.07, 6.45) is 16.1. The van der Waals surface area contributed by atoms with E-state index in [9.17, 15) is 0 Å². The van der Waals surface area contributed by atoms with Gasteiger partial charge in [-0.2, -0.15) is 0 Å². The second-order valence-corrected chi connectivity index (χ2v) is 7.47. The summed E-state index contributed by atoms with van der Waals surface area (Å²) in [7, 11) is 0. The predicted molar refractivity (Wildman–Crippen MR) is 138 cm³/mol. The van der Waals surface area contributed by atoms with E-state index in [0.29, 0.717) is 0 Å². The molecular formula is C32H20. The molecule has 0 fully saturated rings. The molecule has 0 amide bonds. The quantitative estimate of drug-likeness (QED) is 0.265. The molecule has 0 heteroatoms. The zero-order valence-electron chi connectivity index (χ0n) is 17.5. The van der Waals surface area contributed by atoms with Crippen molar-refractivity contribution < 1.29 is 0 Å². The van der Waals surface area contributed by atoms with Crippen molar-refractivity contribution in [2.45, 2.75) is 0 Å². The molecule has 5 rings (SSSR count). The van der Waals surface area contributed by atoms with E-state index < -0.39 is 0 Å². The second-order valence-electron chi connectivity index (χ2n) is 7.47. The Bertz CT molecular complexity index is 1440. The minimum atomic E-state index is 1.03. The highest BCUT2D eigenvalue weighted by molar-refractivity contribution is 5.96. The maximum absolute atomic E-state index is 3.30. The topological polar surface area (TPSA) is 0 Å². The van der Waals surface area contributed by atoms with Crippen molar-refractivity contribution >= 4 is 33.7 Å². The molecule has 0 unspecified atom stereocenters. The Labute approximate surface area is 188 Å². The van der Waals surface area contributed by atoms with E-state index in [-0.39, 0.29) is 0 Å². The van der Waals surface area contributed by atoms with E-state index in [1.54, 1.807) is 0 Å². The molecule has 1 aliphatic rings. The van der Waals surface area contributed by atoms with Crippen LogP contribution in [0, 0.1) is 23.7 Å². The molecule has 1 aliphatic carbocycles. The van der Waals surface area contributed by atoms with Crippen molar-refractivity contribution in [2.24, 2.45) is 0 Å². The molecule has 0 aromatic heterocycles. The van der Waals surface area contributed by atoms with Crippen LogP contribution in [0.15, 0.2) is 109 Å². The zero-order chi connectivity index (χ0) is 21.6. The summed E-state index contributed by atoms with van der Waals surface area (Å²) in [4.78, 5) is 0. The lowest BCUT2D eigenvalue weighted by Crippen LogP contribution is -1.84. The van der Waals surface area contributed by atoms with Crippen molar-refractivity contribution in [1.29, 1.82) is 0 Å². The Hall–Kier alpha value is -4.52. The number of allylic oxidation sites excluding steroid dienone is 6. The van der Waals surface area contributed by atoms with E-state index in [2.05, 4.69) is 109 Å². The fraction of sp³-hybridized carbons (Fsp3) is 0. The van der Waals surface area contributed by atoms with Gasteiger partial charge in [-0.1, -0.05) is 121 Å². The van der Waals surface area contributed by atoms with Crippen molar-refractivity contribution in [3.8, 4) is 23.7 Å². The Kier molecular flexibility index (Phi) is 5.53. The van der Waals surface area contributed by atoms with Gasteiger partial charge in [0.2, 0.25) is 0 Å². The van der Waals surface area contributed by atoms with Crippen LogP contribution in [0.2, 0.25) is 0 Å². The molecule has 0 atom stereocenters. The van der Waals surface area contributed by atoms with Gasteiger partial charge < -0.3 is 0 Å². The van der Waals surface area contributed by atoms with Gasteiger partial charge in [-0.05, 0) is 57.0 Å². The van der Waals surface area contributed by atoms with Crippen LogP contribution in [0.3, 0.4) is 0 Å². The minimum absolute atomic E-state index is 1.03. The number of hydrogen-bond donors (Lipinski definition) is 0. The Morgan fingerprint density at radius 2 is 0.844 bits per heavy atom. The molecule has 4 aromatic rings. The lowest BCUT2D eigenvalue weighted by Gasteiger charge is -2.05. The first-order chi connectivity index (χ1) is 15.9. The van der Waals surface area contributed by atoms with Gasteiger partial charge in [0.05, 0.1) is 0 Å². The van der Waals surface area contributed by atoms with Crippen molar-refractivity contribution in [3.05, 3.63) is 132 Å². The summed E-state index contributed by atoms with van der Waals surface area (Å²) in [6, 6.07) is 25.2. The average Bonchev–Trinajstić information content (AvgIpc) is 2.84. The van der Waals surface area contributed by atoms with Gasteiger partial charge in [0, 0.05) is 11.1 Å². The number of rotatable bonds is 0. The van der Waals surface area contributed by atoms with Gasteiger partial charge in [-0.25, -0.2) is 0 Å². The summed E-state index contributed by atoms with van der Waals surface area (Å²) in [6.45, 7) is 0. The highest BCUT2D eigenvalue weighted by Crippen LogP contribution is 2.25.